The summed E-state index contributed by atoms with van der Waals surface area (Å²) in [6.07, 6.45) is 4.75. The van der Waals surface area contributed by atoms with E-state index in [0.717, 1.165) is 24.5 Å². The SMILES string of the molecule is O=C(c1ccncc1)N1CCN(c2ccc(Nc3nc(=O)n(O)c4ncccc34)cc2)CC1. The fourth-order valence-electron chi connectivity index (χ4n) is 3.88. The van der Waals surface area contributed by atoms with Crippen molar-refractivity contribution in [1.29, 1.82) is 0 Å². The van der Waals surface area contributed by atoms with E-state index in [1.165, 1.54) is 6.20 Å². The van der Waals surface area contributed by atoms with E-state index in [4.69, 9.17) is 0 Å². The molecule has 166 valence electrons. The van der Waals surface area contributed by atoms with E-state index in [1.54, 1.807) is 36.7 Å². The van der Waals surface area contributed by atoms with E-state index in [9.17, 15) is 14.8 Å². The summed E-state index contributed by atoms with van der Waals surface area (Å²) in [6.45, 7) is 2.75. The van der Waals surface area contributed by atoms with Gasteiger partial charge in [0.05, 0.1) is 5.39 Å². The molecule has 0 saturated carbocycles. The van der Waals surface area contributed by atoms with E-state index in [1.807, 2.05) is 29.2 Å². The molecule has 0 bridgehead atoms. The molecular weight excluding hydrogens is 422 g/mol. The molecule has 33 heavy (non-hydrogen) atoms. The highest BCUT2D eigenvalue weighted by Crippen LogP contribution is 2.24. The lowest BCUT2D eigenvalue weighted by Gasteiger charge is -2.36. The number of anilines is 3. The summed E-state index contributed by atoms with van der Waals surface area (Å²) in [5.41, 5.74) is 1.77. The van der Waals surface area contributed by atoms with Crippen LogP contribution in [0.4, 0.5) is 17.2 Å². The fraction of sp³-hybridized carbons (Fsp3) is 0.174. The Morgan fingerprint density at radius 1 is 0.939 bits per heavy atom. The molecule has 4 aromatic rings. The smallest absolute Gasteiger partial charge is 0.384 e. The third kappa shape index (κ3) is 4.05. The first-order chi connectivity index (χ1) is 16.1. The highest BCUT2D eigenvalue weighted by molar-refractivity contribution is 5.94. The molecule has 1 aliphatic heterocycles. The van der Waals surface area contributed by atoms with E-state index < -0.39 is 5.69 Å². The van der Waals surface area contributed by atoms with Gasteiger partial charge in [0.2, 0.25) is 0 Å². The van der Waals surface area contributed by atoms with Crippen molar-refractivity contribution >= 4 is 34.1 Å². The molecule has 5 rings (SSSR count). The lowest BCUT2D eigenvalue weighted by atomic mass is 10.2. The number of carbonyl (C=O) groups is 1. The number of piperazine rings is 1. The van der Waals surface area contributed by atoms with Gasteiger partial charge in [0, 0.05) is 61.7 Å². The molecule has 10 heteroatoms. The van der Waals surface area contributed by atoms with Crippen LogP contribution < -0.4 is 15.9 Å². The maximum absolute atomic E-state index is 12.6. The Bertz CT molecular complexity index is 1350. The molecule has 1 saturated heterocycles. The Morgan fingerprint density at radius 2 is 1.67 bits per heavy atom. The number of carbonyl (C=O) groups excluding carboxylic acids is 1. The number of benzene rings is 1. The van der Waals surface area contributed by atoms with Crippen molar-refractivity contribution in [2.24, 2.45) is 0 Å². The number of rotatable bonds is 4. The average molecular weight is 443 g/mol. The van der Waals surface area contributed by atoms with Crippen LogP contribution in [0.5, 0.6) is 0 Å². The zero-order valence-corrected chi connectivity index (χ0v) is 17.6. The van der Waals surface area contributed by atoms with Crippen LogP contribution >= 0.6 is 0 Å². The number of nitrogens with zero attached hydrogens (tertiary/aromatic N) is 6. The molecule has 1 fully saturated rings. The molecule has 0 radical (unpaired) electrons. The van der Waals surface area contributed by atoms with Crippen LogP contribution in [0.3, 0.4) is 0 Å². The van der Waals surface area contributed by atoms with Crippen LogP contribution in [0.1, 0.15) is 10.4 Å². The summed E-state index contributed by atoms with van der Waals surface area (Å²) >= 11 is 0. The van der Waals surface area contributed by atoms with Gasteiger partial charge in [-0.15, -0.1) is 4.73 Å². The number of pyridine rings is 2. The quantitative estimate of drug-likeness (QED) is 0.461. The topological polar surface area (TPSA) is 116 Å². The molecule has 0 atom stereocenters. The Balaban J connectivity index is 1.27. The second kappa shape index (κ2) is 8.58. The van der Waals surface area contributed by atoms with Gasteiger partial charge in [-0.05, 0) is 48.5 Å². The Morgan fingerprint density at radius 3 is 2.39 bits per heavy atom. The average Bonchev–Trinajstić information content (AvgIpc) is 2.88. The third-order valence-corrected chi connectivity index (χ3v) is 5.62. The van der Waals surface area contributed by atoms with Crippen molar-refractivity contribution in [1.82, 2.24) is 24.6 Å². The minimum absolute atomic E-state index is 0.0237. The summed E-state index contributed by atoms with van der Waals surface area (Å²) in [6, 6.07) is 14.7. The van der Waals surface area contributed by atoms with Gasteiger partial charge in [-0.2, -0.15) is 4.98 Å². The van der Waals surface area contributed by atoms with Crippen LogP contribution in [-0.2, 0) is 0 Å². The maximum atomic E-state index is 12.6. The molecule has 0 spiro atoms. The molecule has 1 aromatic carbocycles. The van der Waals surface area contributed by atoms with Crippen molar-refractivity contribution in [3.8, 4) is 0 Å². The second-order valence-corrected chi connectivity index (χ2v) is 7.62. The number of amides is 1. The molecule has 3 aromatic heterocycles. The zero-order valence-electron chi connectivity index (χ0n) is 17.6. The monoisotopic (exact) mass is 443 g/mol. The lowest BCUT2D eigenvalue weighted by Crippen LogP contribution is -2.48. The molecule has 1 aliphatic rings. The van der Waals surface area contributed by atoms with Crippen LogP contribution in [0.25, 0.3) is 11.0 Å². The van der Waals surface area contributed by atoms with Crippen molar-refractivity contribution in [2.75, 3.05) is 36.4 Å². The minimum Gasteiger partial charge on any atom is -0.422 e. The summed E-state index contributed by atoms with van der Waals surface area (Å²) in [4.78, 5) is 40.6. The zero-order chi connectivity index (χ0) is 22.8. The van der Waals surface area contributed by atoms with Gasteiger partial charge >= 0.3 is 5.69 Å². The van der Waals surface area contributed by atoms with Gasteiger partial charge in [0.1, 0.15) is 5.82 Å². The van der Waals surface area contributed by atoms with E-state index in [0.29, 0.717) is 34.6 Å². The van der Waals surface area contributed by atoms with Crippen LogP contribution in [-0.4, -0.2) is 61.9 Å². The van der Waals surface area contributed by atoms with Gasteiger partial charge in [-0.1, -0.05) is 0 Å². The second-order valence-electron chi connectivity index (χ2n) is 7.62. The largest absolute Gasteiger partial charge is 0.422 e. The summed E-state index contributed by atoms with van der Waals surface area (Å²) in [5.74, 6) is 0.347. The lowest BCUT2D eigenvalue weighted by molar-refractivity contribution is 0.0746. The first kappa shape index (κ1) is 20.4. The van der Waals surface area contributed by atoms with Crippen LogP contribution in [0, 0.1) is 0 Å². The van der Waals surface area contributed by atoms with Crippen molar-refractivity contribution in [3.63, 3.8) is 0 Å². The molecule has 1 amide bonds. The molecular formula is C23H21N7O3. The first-order valence-corrected chi connectivity index (χ1v) is 10.5. The number of hydrogen-bond donors (Lipinski definition) is 2. The Hall–Kier alpha value is -4.47. The van der Waals surface area contributed by atoms with Gasteiger partial charge in [-0.25, -0.2) is 9.78 Å². The number of hydrogen-bond acceptors (Lipinski definition) is 8. The predicted octanol–water partition coefficient (Wildman–Crippen LogP) is 2.13. The highest BCUT2D eigenvalue weighted by atomic mass is 16.5. The van der Waals surface area contributed by atoms with Gasteiger partial charge in [-0.3, -0.25) is 9.78 Å². The number of aromatic nitrogens is 4. The van der Waals surface area contributed by atoms with Gasteiger partial charge in [0.15, 0.2) is 5.65 Å². The van der Waals surface area contributed by atoms with Gasteiger partial charge in [0.25, 0.3) is 5.91 Å². The maximum Gasteiger partial charge on any atom is 0.384 e. The molecule has 0 aliphatic carbocycles. The molecule has 4 heterocycles. The first-order valence-electron chi connectivity index (χ1n) is 10.5. The van der Waals surface area contributed by atoms with Crippen molar-refractivity contribution in [2.45, 2.75) is 0 Å². The summed E-state index contributed by atoms with van der Waals surface area (Å²) in [5, 5.41) is 13.5. The molecule has 0 unspecified atom stereocenters. The summed E-state index contributed by atoms with van der Waals surface area (Å²) < 4.78 is 0.433. The third-order valence-electron chi connectivity index (χ3n) is 5.62. The van der Waals surface area contributed by atoms with Crippen molar-refractivity contribution in [3.05, 3.63) is 83.2 Å². The molecule has 10 nitrogen and oxygen atoms in total. The van der Waals surface area contributed by atoms with Crippen LogP contribution in [0.2, 0.25) is 0 Å². The number of fused-ring (bicyclic) bond motifs is 1. The van der Waals surface area contributed by atoms with E-state index >= 15 is 0 Å². The van der Waals surface area contributed by atoms with Gasteiger partial charge < -0.3 is 20.3 Å². The highest BCUT2D eigenvalue weighted by Gasteiger charge is 2.22. The number of nitrogens with one attached hydrogen (secondary N) is 1. The Labute approximate surface area is 188 Å². The fourth-order valence-corrected chi connectivity index (χ4v) is 3.88. The Kier molecular flexibility index (Phi) is 5.31. The van der Waals surface area contributed by atoms with E-state index in [2.05, 4.69) is 25.2 Å². The summed E-state index contributed by atoms with van der Waals surface area (Å²) in [7, 11) is 0. The normalized spacial score (nSPS) is 13.8. The minimum atomic E-state index is -0.806. The van der Waals surface area contributed by atoms with E-state index in [-0.39, 0.29) is 11.6 Å². The predicted molar refractivity (Wildman–Crippen MR) is 123 cm³/mol. The van der Waals surface area contributed by atoms with Crippen LogP contribution in [0.15, 0.2) is 71.9 Å². The van der Waals surface area contributed by atoms with Crippen molar-refractivity contribution < 1.29 is 10.0 Å². The standard InChI is InChI=1S/C23H21N7O3/c31-22(16-7-10-24-11-8-16)29-14-12-28(13-15-29)18-5-3-17(4-6-18)26-20-19-2-1-9-25-21(19)30(33)23(32)27-20/h1-11,33H,12-15H2,(H,26,27,32). The molecule has 2 N–H and O–H groups in total.